The number of benzene rings is 1. The molecule has 1 aliphatic rings. The molecule has 51 heavy (non-hydrogen) atoms. The predicted molar refractivity (Wildman–Crippen MR) is 192 cm³/mol. The lowest BCUT2D eigenvalue weighted by atomic mass is 10.2. The summed E-state index contributed by atoms with van der Waals surface area (Å²) in [5, 5.41) is 6.38. The summed E-state index contributed by atoms with van der Waals surface area (Å²) < 4.78 is 16.1. The van der Waals surface area contributed by atoms with E-state index in [1.165, 1.54) is 0 Å². The lowest BCUT2D eigenvalue weighted by molar-refractivity contribution is -0.147. The summed E-state index contributed by atoms with van der Waals surface area (Å²) in [6.07, 6.45) is 0. The van der Waals surface area contributed by atoms with Crippen molar-refractivity contribution in [3.63, 3.8) is 0 Å². The third-order valence-electron chi connectivity index (χ3n) is 8.72. The minimum atomic E-state index is -0.760. The van der Waals surface area contributed by atoms with Crippen LogP contribution in [-0.2, 0) is 35.2 Å². The van der Waals surface area contributed by atoms with Crippen molar-refractivity contribution in [2.45, 2.75) is 46.3 Å². The molecule has 15 heteroatoms. The molecule has 0 aliphatic carbocycles. The summed E-state index contributed by atoms with van der Waals surface area (Å²) in [7, 11) is 1.99. The van der Waals surface area contributed by atoms with Gasteiger partial charge in [0.1, 0.15) is 17.7 Å². The van der Waals surface area contributed by atoms with Crippen LogP contribution in [0.3, 0.4) is 0 Å². The average Bonchev–Trinajstić information content (AvgIpc) is 3.09. The van der Waals surface area contributed by atoms with Gasteiger partial charge in [0, 0.05) is 58.9 Å². The van der Waals surface area contributed by atoms with Crippen LogP contribution in [0.2, 0.25) is 0 Å². The molecular weight excluding hydrogens is 658 g/mol. The lowest BCUT2D eigenvalue weighted by Gasteiger charge is -2.33. The molecule has 278 valence electrons. The van der Waals surface area contributed by atoms with E-state index in [0.29, 0.717) is 81.0 Å². The monoisotopic (exact) mass is 709 g/mol. The molecule has 0 bridgehead atoms. The number of hydrogen-bond donors (Lipinski definition) is 2. The maximum absolute atomic E-state index is 13.1. The van der Waals surface area contributed by atoms with E-state index in [9.17, 15) is 24.0 Å². The van der Waals surface area contributed by atoms with Crippen molar-refractivity contribution in [1.82, 2.24) is 35.2 Å². The number of carbonyl (C=O) groups excluding carboxylic acids is 4. The quantitative estimate of drug-likeness (QED) is 0.201. The van der Waals surface area contributed by atoms with Crippen molar-refractivity contribution in [2.75, 3.05) is 85.7 Å². The largest absolute Gasteiger partial charge is 0.464 e. The van der Waals surface area contributed by atoms with Crippen molar-refractivity contribution in [3.8, 4) is 0 Å². The number of nitrogens with zero attached hydrogens (tertiary/aromatic N) is 5. The second-order valence-electron chi connectivity index (χ2n) is 12.8. The Kier molecular flexibility index (Phi) is 14.8. The van der Waals surface area contributed by atoms with Crippen LogP contribution in [0.25, 0.3) is 22.1 Å². The second-order valence-corrected chi connectivity index (χ2v) is 12.8. The van der Waals surface area contributed by atoms with Gasteiger partial charge in [0.2, 0.25) is 23.0 Å². The Morgan fingerprint density at radius 3 is 1.80 bits per heavy atom. The first kappa shape index (κ1) is 39.3. The van der Waals surface area contributed by atoms with E-state index in [0.717, 1.165) is 0 Å². The van der Waals surface area contributed by atoms with E-state index in [4.69, 9.17) is 18.9 Å². The Bertz CT molecular complexity index is 1660. The maximum atomic E-state index is 13.1. The number of amides is 2. The molecule has 1 aromatic carbocycles. The first-order chi connectivity index (χ1) is 24.5. The summed E-state index contributed by atoms with van der Waals surface area (Å²) in [6, 6.07) is 9.12. The normalized spacial score (nSPS) is 17.2. The van der Waals surface area contributed by atoms with E-state index in [-0.39, 0.29) is 49.3 Å². The van der Waals surface area contributed by atoms with E-state index < -0.39 is 24.0 Å². The molecule has 15 nitrogen and oxygen atoms in total. The number of ether oxygens (including phenoxy) is 2. The molecule has 2 atom stereocenters. The van der Waals surface area contributed by atoms with Crippen molar-refractivity contribution >= 4 is 45.8 Å². The zero-order valence-corrected chi connectivity index (χ0v) is 30.3. The van der Waals surface area contributed by atoms with Gasteiger partial charge in [-0.25, -0.2) is 14.6 Å². The number of pyridine rings is 1. The third-order valence-corrected chi connectivity index (χ3v) is 8.72. The Hall–Kier alpha value is -4.44. The number of rotatable bonds is 12. The Morgan fingerprint density at radius 1 is 0.745 bits per heavy atom. The smallest absolute Gasteiger partial charge is 0.328 e. The number of hydrogen-bond acceptors (Lipinski definition) is 13. The van der Waals surface area contributed by atoms with Crippen LogP contribution in [0, 0.1) is 0 Å². The van der Waals surface area contributed by atoms with Gasteiger partial charge in [-0.2, -0.15) is 0 Å². The summed E-state index contributed by atoms with van der Waals surface area (Å²) in [5.41, 5.74) is 1.29. The van der Waals surface area contributed by atoms with Gasteiger partial charge in [-0.05, 0) is 59.0 Å². The molecular formula is C36H51N7O8. The highest BCUT2D eigenvalue weighted by Crippen LogP contribution is 2.18. The fourth-order valence-corrected chi connectivity index (χ4v) is 5.78. The summed E-state index contributed by atoms with van der Waals surface area (Å²) in [4.78, 5) is 76.5. The molecule has 3 heterocycles. The summed E-state index contributed by atoms with van der Waals surface area (Å²) in [6.45, 7) is 12.5. The van der Waals surface area contributed by atoms with Gasteiger partial charge < -0.3 is 29.4 Å². The highest BCUT2D eigenvalue weighted by Gasteiger charge is 2.23. The van der Waals surface area contributed by atoms with E-state index >= 15 is 0 Å². The van der Waals surface area contributed by atoms with Gasteiger partial charge in [0.25, 0.3) is 0 Å². The van der Waals surface area contributed by atoms with Crippen LogP contribution in [0.4, 0.5) is 0 Å². The molecule has 2 N–H and O–H groups in total. The van der Waals surface area contributed by atoms with Crippen molar-refractivity contribution in [3.05, 3.63) is 52.3 Å². The number of fused-ring (bicyclic) bond motifs is 2. The van der Waals surface area contributed by atoms with Crippen LogP contribution in [-0.4, -0.2) is 146 Å². The van der Waals surface area contributed by atoms with E-state index in [1.807, 2.05) is 19.2 Å². The number of likely N-dealkylation sites (N-methyl/N-ethyl adjacent to an activating group) is 1. The number of carbonyl (C=O) groups is 4. The number of nitrogens with one attached hydrogen (secondary N) is 2. The number of esters is 2. The molecule has 1 saturated heterocycles. The standard InChI is InChI=1S/C36H51N7O8/c1-6-49-35(47)25(3)37-31(44)23-42-16-14-40(5)15-17-43(24-32(45)38-26(4)36(48)50-7-2)21-19-41(18-20-42)22-27-12-13-29-33(46)28-10-8-9-11-30(28)51-34(29)39-27/h8-13,25-26H,6-7,14-24H2,1-5H3,(H,37,44)(H,38,45)/t25-,26-/m0/s1. The Morgan fingerprint density at radius 2 is 1.25 bits per heavy atom. The number of aromatic nitrogens is 1. The molecule has 2 amide bonds. The van der Waals surface area contributed by atoms with Gasteiger partial charge in [-0.15, -0.1) is 0 Å². The summed E-state index contributed by atoms with van der Waals surface area (Å²) >= 11 is 0. The molecule has 4 rings (SSSR count). The fourth-order valence-electron chi connectivity index (χ4n) is 5.78. The molecule has 0 saturated carbocycles. The first-order valence-corrected chi connectivity index (χ1v) is 17.6. The molecule has 0 radical (unpaired) electrons. The van der Waals surface area contributed by atoms with Crippen LogP contribution >= 0.6 is 0 Å². The molecule has 0 unspecified atom stereocenters. The Balaban J connectivity index is 1.52. The van der Waals surface area contributed by atoms with E-state index in [1.54, 1.807) is 52.0 Å². The van der Waals surface area contributed by atoms with Crippen LogP contribution in [0.1, 0.15) is 33.4 Å². The second kappa shape index (κ2) is 19.2. The zero-order valence-electron chi connectivity index (χ0n) is 30.3. The molecule has 0 spiro atoms. The van der Waals surface area contributed by atoms with Crippen LogP contribution in [0.5, 0.6) is 0 Å². The number of para-hydroxylation sites is 1. The first-order valence-electron chi connectivity index (χ1n) is 17.6. The van der Waals surface area contributed by atoms with Crippen LogP contribution < -0.4 is 16.1 Å². The predicted octanol–water partition coefficient (Wildman–Crippen LogP) is 0.828. The average molecular weight is 710 g/mol. The molecule has 1 aliphatic heterocycles. The fraction of sp³-hybridized carbons (Fsp3) is 0.556. The highest BCUT2D eigenvalue weighted by atomic mass is 16.5. The topological polar surface area (TPSA) is 167 Å². The minimum absolute atomic E-state index is 0.100. The van der Waals surface area contributed by atoms with Crippen molar-refractivity contribution in [1.29, 1.82) is 0 Å². The van der Waals surface area contributed by atoms with Crippen molar-refractivity contribution in [2.24, 2.45) is 0 Å². The molecule has 1 fully saturated rings. The van der Waals surface area contributed by atoms with Gasteiger partial charge in [0.15, 0.2) is 0 Å². The maximum Gasteiger partial charge on any atom is 0.328 e. The van der Waals surface area contributed by atoms with Gasteiger partial charge in [-0.3, -0.25) is 29.1 Å². The van der Waals surface area contributed by atoms with Crippen molar-refractivity contribution < 1.29 is 33.1 Å². The lowest BCUT2D eigenvalue weighted by Crippen LogP contribution is -2.50. The third kappa shape index (κ3) is 11.8. The molecule has 2 aromatic heterocycles. The van der Waals surface area contributed by atoms with Gasteiger partial charge in [0.05, 0.1) is 42.8 Å². The van der Waals surface area contributed by atoms with Gasteiger partial charge >= 0.3 is 11.9 Å². The zero-order chi connectivity index (χ0) is 36.9. The van der Waals surface area contributed by atoms with Crippen LogP contribution in [0.15, 0.2) is 45.6 Å². The Labute approximate surface area is 298 Å². The summed E-state index contributed by atoms with van der Waals surface area (Å²) in [5.74, 6) is -1.51. The highest BCUT2D eigenvalue weighted by molar-refractivity contribution is 5.88. The molecule has 3 aromatic rings. The minimum Gasteiger partial charge on any atom is -0.464 e. The van der Waals surface area contributed by atoms with Gasteiger partial charge in [-0.1, -0.05) is 12.1 Å². The van der Waals surface area contributed by atoms with E-state index in [2.05, 4.69) is 30.2 Å². The SMILES string of the molecule is CCOC(=O)[C@H](C)NC(=O)CN1CCN(C)CCN(CC(=O)N[C@@H](C)C(=O)OCC)CCN(Cc2ccc3c(=O)c4ccccc4oc3n2)CC1.